The van der Waals surface area contributed by atoms with Gasteiger partial charge in [0.05, 0.1) is 35.0 Å². The number of pyridine rings is 1. The van der Waals surface area contributed by atoms with Crippen LogP contribution < -0.4 is 5.73 Å². The zero-order valence-electron chi connectivity index (χ0n) is 17.3. The Kier molecular flexibility index (Phi) is 4.80. The van der Waals surface area contributed by atoms with Gasteiger partial charge in [-0.15, -0.1) is 5.10 Å². The van der Waals surface area contributed by atoms with Crippen LogP contribution in [0.4, 0.5) is 5.95 Å². The number of nitrogens with zero attached hydrogens (tertiary/aromatic N) is 8. The zero-order valence-corrected chi connectivity index (χ0v) is 17.3. The number of nitrogens with two attached hydrogens (primary N) is 1. The molecule has 0 aliphatic heterocycles. The molecule has 0 atom stereocenters. The smallest absolute Gasteiger partial charge is 0.223 e. The fourth-order valence-corrected chi connectivity index (χ4v) is 3.75. The van der Waals surface area contributed by atoms with Crippen LogP contribution in [0.3, 0.4) is 0 Å². The summed E-state index contributed by atoms with van der Waals surface area (Å²) in [4.78, 5) is 13.8. The largest absolute Gasteiger partial charge is 0.368 e. The van der Waals surface area contributed by atoms with Gasteiger partial charge in [-0.3, -0.25) is 9.67 Å². The molecule has 4 aromatic heterocycles. The number of aromatic nitrogens is 7. The highest BCUT2D eigenvalue weighted by Gasteiger charge is 2.23. The van der Waals surface area contributed by atoms with Crippen molar-refractivity contribution in [2.24, 2.45) is 0 Å². The number of nitriles is 1. The maximum atomic E-state index is 9.69. The predicted molar refractivity (Wildman–Crippen MR) is 119 cm³/mol. The molecule has 32 heavy (non-hydrogen) atoms. The molecule has 0 fully saturated rings. The molecule has 0 radical (unpaired) electrons. The highest BCUT2D eigenvalue weighted by molar-refractivity contribution is 5.90. The third kappa shape index (κ3) is 3.24. The van der Waals surface area contributed by atoms with E-state index in [1.54, 1.807) is 23.0 Å². The van der Waals surface area contributed by atoms with Gasteiger partial charge in [0.1, 0.15) is 0 Å². The van der Waals surface area contributed by atoms with E-state index in [-0.39, 0.29) is 5.95 Å². The Morgan fingerprint density at radius 1 is 1.03 bits per heavy atom. The number of benzene rings is 1. The van der Waals surface area contributed by atoms with E-state index in [0.717, 1.165) is 17.0 Å². The minimum atomic E-state index is 0.189. The summed E-state index contributed by atoms with van der Waals surface area (Å²) in [6.07, 6.45) is 3.93. The lowest BCUT2D eigenvalue weighted by molar-refractivity contribution is 0.667. The van der Waals surface area contributed by atoms with Crippen LogP contribution in [0.1, 0.15) is 24.0 Å². The summed E-state index contributed by atoms with van der Waals surface area (Å²) in [6, 6.07) is 17.2. The summed E-state index contributed by atoms with van der Waals surface area (Å²) < 4.78 is 3.40. The molecular weight excluding hydrogens is 402 g/mol. The van der Waals surface area contributed by atoms with E-state index in [9.17, 15) is 5.26 Å². The van der Waals surface area contributed by atoms with Crippen molar-refractivity contribution in [3.63, 3.8) is 0 Å². The number of rotatable bonds is 5. The molecule has 4 heterocycles. The molecule has 156 valence electrons. The normalized spacial score (nSPS) is 11.0. The molecular formula is C23H19N9. The topological polar surface area (TPSA) is 124 Å². The minimum Gasteiger partial charge on any atom is -0.368 e. The van der Waals surface area contributed by atoms with Crippen LogP contribution >= 0.6 is 0 Å². The molecule has 0 amide bonds. The first-order chi connectivity index (χ1) is 15.7. The van der Waals surface area contributed by atoms with E-state index < -0.39 is 0 Å². The second kappa shape index (κ2) is 7.92. The lowest BCUT2D eigenvalue weighted by Gasteiger charge is -2.13. The second-order valence-electron chi connectivity index (χ2n) is 7.14. The number of nitrogen functional groups attached to an aromatic ring is 1. The monoisotopic (exact) mass is 421 g/mol. The van der Waals surface area contributed by atoms with Gasteiger partial charge in [-0.25, -0.2) is 9.97 Å². The van der Waals surface area contributed by atoms with Crippen LogP contribution in [0.15, 0.2) is 60.9 Å². The van der Waals surface area contributed by atoms with Crippen molar-refractivity contribution in [3.8, 4) is 28.6 Å². The van der Waals surface area contributed by atoms with Gasteiger partial charge >= 0.3 is 0 Å². The summed E-state index contributed by atoms with van der Waals surface area (Å²) in [7, 11) is 0. The van der Waals surface area contributed by atoms with Gasteiger partial charge < -0.3 is 5.73 Å². The zero-order chi connectivity index (χ0) is 22.1. The van der Waals surface area contributed by atoms with E-state index in [1.807, 2.05) is 54.1 Å². The van der Waals surface area contributed by atoms with Crippen molar-refractivity contribution in [3.05, 3.63) is 78.0 Å². The van der Waals surface area contributed by atoms with E-state index in [0.29, 0.717) is 41.3 Å². The van der Waals surface area contributed by atoms with Crippen LogP contribution in [0.25, 0.3) is 28.2 Å². The number of hydrogen-bond donors (Lipinski definition) is 1. The number of fused-ring (bicyclic) bond motifs is 1. The molecule has 0 saturated heterocycles. The minimum absolute atomic E-state index is 0.189. The summed E-state index contributed by atoms with van der Waals surface area (Å²) in [6.45, 7) is 2.67. The van der Waals surface area contributed by atoms with Crippen LogP contribution in [0.2, 0.25) is 0 Å². The molecule has 0 aliphatic rings. The fourth-order valence-electron chi connectivity index (χ4n) is 3.75. The first-order valence-electron chi connectivity index (χ1n) is 10.2. The fraction of sp³-hybridized carbons (Fsp3) is 0.130. The van der Waals surface area contributed by atoms with E-state index >= 15 is 0 Å². The molecule has 1 aromatic carbocycles. The third-order valence-electron chi connectivity index (χ3n) is 5.20. The van der Waals surface area contributed by atoms with Crippen LogP contribution in [-0.4, -0.2) is 34.3 Å². The Bertz CT molecular complexity index is 1460. The number of aryl methyl sites for hydroxylation is 1. The lowest BCUT2D eigenvalue weighted by atomic mass is 9.99. The first-order valence-corrected chi connectivity index (χ1v) is 10.2. The average molecular weight is 421 g/mol. The Labute approximate surface area is 183 Å². The van der Waals surface area contributed by atoms with Gasteiger partial charge in [-0.05, 0) is 31.2 Å². The molecule has 9 nitrogen and oxygen atoms in total. The van der Waals surface area contributed by atoms with E-state index in [4.69, 9.17) is 10.7 Å². The Morgan fingerprint density at radius 2 is 1.88 bits per heavy atom. The van der Waals surface area contributed by atoms with Gasteiger partial charge in [0.15, 0.2) is 11.5 Å². The third-order valence-corrected chi connectivity index (χ3v) is 5.20. The number of anilines is 1. The van der Waals surface area contributed by atoms with Gasteiger partial charge in [0, 0.05) is 30.2 Å². The van der Waals surface area contributed by atoms with Crippen LogP contribution in [0, 0.1) is 11.3 Å². The first kappa shape index (κ1) is 19.4. The molecule has 2 N–H and O–H groups in total. The Morgan fingerprint density at radius 3 is 2.66 bits per heavy atom. The van der Waals surface area contributed by atoms with Crippen molar-refractivity contribution in [2.45, 2.75) is 19.9 Å². The molecule has 0 unspecified atom stereocenters. The summed E-state index contributed by atoms with van der Waals surface area (Å²) in [5.41, 5.74) is 11.0. The van der Waals surface area contributed by atoms with Gasteiger partial charge in [0.2, 0.25) is 5.95 Å². The van der Waals surface area contributed by atoms with Crippen molar-refractivity contribution >= 4 is 11.6 Å². The summed E-state index contributed by atoms with van der Waals surface area (Å²) >= 11 is 0. The van der Waals surface area contributed by atoms with Crippen LogP contribution in [0.5, 0.6) is 0 Å². The maximum Gasteiger partial charge on any atom is 0.223 e. The molecule has 0 saturated carbocycles. The SMILES string of the molecule is CCn1nccc1-c1c(-c2ccccc2C#N)nc(N)n2nc(Cc3ccccn3)nc12. The standard InChI is InChI=1S/C23H19N9/c1-2-31-18(10-12-27-31)20-21(17-9-4-3-7-15(17)14-24)29-23(25)32-22(20)28-19(30-32)13-16-8-5-6-11-26-16/h3-12H,2,13H2,1H3,(H2,25,29). The van der Waals surface area contributed by atoms with Crippen molar-refractivity contribution in [1.29, 1.82) is 5.26 Å². The van der Waals surface area contributed by atoms with Crippen molar-refractivity contribution in [1.82, 2.24) is 34.3 Å². The average Bonchev–Trinajstić information content (AvgIpc) is 3.47. The van der Waals surface area contributed by atoms with Gasteiger partial charge in [0.25, 0.3) is 0 Å². The van der Waals surface area contributed by atoms with Gasteiger partial charge in [-0.2, -0.15) is 14.9 Å². The molecule has 5 aromatic rings. The summed E-state index contributed by atoms with van der Waals surface area (Å²) in [5.74, 6) is 0.764. The molecule has 0 spiro atoms. The quantitative estimate of drug-likeness (QED) is 0.462. The maximum absolute atomic E-state index is 9.69. The molecule has 0 bridgehead atoms. The Hall–Kier alpha value is -4.58. The Balaban J connectivity index is 1.80. The summed E-state index contributed by atoms with van der Waals surface area (Å²) in [5, 5.41) is 18.7. The predicted octanol–water partition coefficient (Wildman–Crippen LogP) is 3.11. The second-order valence-corrected chi connectivity index (χ2v) is 7.14. The molecule has 9 heteroatoms. The number of hydrogen-bond acceptors (Lipinski definition) is 7. The lowest BCUT2D eigenvalue weighted by Crippen LogP contribution is -2.08. The van der Waals surface area contributed by atoms with Crippen molar-refractivity contribution in [2.75, 3.05) is 5.73 Å². The van der Waals surface area contributed by atoms with Gasteiger partial charge in [-0.1, -0.05) is 24.3 Å². The van der Waals surface area contributed by atoms with E-state index in [2.05, 4.69) is 26.2 Å². The highest BCUT2D eigenvalue weighted by Crippen LogP contribution is 2.36. The molecule has 5 rings (SSSR count). The highest BCUT2D eigenvalue weighted by atomic mass is 15.4. The van der Waals surface area contributed by atoms with Crippen molar-refractivity contribution < 1.29 is 0 Å². The van der Waals surface area contributed by atoms with E-state index in [1.165, 1.54) is 0 Å². The van der Waals surface area contributed by atoms with Crippen LogP contribution in [-0.2, 0) is 13.0 Å². The molecule has 0 aliphatic carbocycles.